The van der Waals surface area contributed by atoms with Gasteiger partial charge in [0, 0.05) is 18.5 Å². The van der Waals surface area contributed by atoms with Gasteiger partial charge in [0.2, 0.25) is 0 Å². The largest absolute Gasteiger partial charge is 0.363 e. The fraction of sp³-hybridized carbons (Fsp3) is 0.933. The lowest BCUT2D eigenvalue weighted by atomic mass is 9.75. The molecule has 0 spiro atoms. The molecule has 0 aromatic carbocycles. The quantitative estimate of drug-likeness (QED) is 0.642. The highest BCUT2D eigenvalue weighted by Crippen LogP contribution is 2.44. The summed E-state index contributed by atoms with van der Waals surface area (Å²) in [4.78, 5) is 3.74. The number of piperidine rings is 1. The van der Waals surface area contributed by atoms with E-state index >= 15 is 0 Å². The fourth-order valence-electron chi connectivity index (χ4n) is 3.76. The first kappa shape index (κ1) is 13.3. The zero-order valence-corrected chi connectivity index (χ0v) is 12.6. The van der Waals surface area contributed by atoms with Crippen molar-refractivity contribution < 1.29 is 0 Å². The monoisotopic (exact) mass is 253 g/mol. The van der Waals surface area contributed by atoms with E-state index in [0.717, 1.165) is 5.92 Å². The molecule has 1 heterocycles. The fourth-order valence-corrected chi connectivity index (χ4v) is 4.37. The number of hydrogen-bond donors (Lipinski definition) is 0. The highest BCUT2D eigenvalue weighted by molar-refractivity contribution is 7.80. The van der Waals surface area contributed by atoms with Crippen LogP contribution in [0.25, 0.3) is 0 Å². The molecule has 98 valence electrons. The molecule has 2 unspecified atom stereocenters. The molecule has 0 radical (unpaired) electrons. The molecule has 0 N–H and O–H groups in total. The van der Waals surface area contributed by atoms with Gasteiger partial charge < -0.3 is 4.90 Å². The molecule has 17 heavy (non-hydrogen) atoms. The smallest absolute Gasteiger partial charge is 0.0815 e. The molecule has 2 atom stereocenters. The molecule has 2 rings (SSSR count). The first-order chi connectivity index (χ1) is 7.91. The van der Waals surface area contributed by atoms with Gasteiger partial charge >= 0.3 is 0 Å². The zero-order chi connectivity index (χ0) is 12.6. The van der Waals surface area contributed by atoms with Gasteiger partial charge in [-0.25, -0.2) is 0 Å². The average molecular weight is 253 g/mol. The number of hydrogen-bond acceptors (Lipinski definition) is 1. The van der Waals surface area contributed by atoms with Gasteiger partial charge in [0.25, 0.3) is 0 Å². The summed E-state index contributed by atoms with van der Waals surface area (Å²) in [5, 5.41) is 0. The van der Waals surface area contributed by atoms with Crippen LogP contribution in [0.4, 0.5) is 0 Å². The Kier molecular flexibility index (Phi) is 3.82. The van der Waals surface area contributed by atoms with Gasteiger partial charge in [-0.2, -0.15) is 0 Å². The van der Waals surface area contributed by atoms with Crippen molar-refractivity contribution in [2.75, 3.05) is 6.54 Å². The van der Waals surface area contributed by atoms with E-state index in [2.05, 4.69) is 32.6 Å². The maximum absolute atomic E-state index is 5.76. The lowest BCUT2D eigenvalue weighted by molar-refractivity contribution is 0.187. The van der Waals surface area contributed by atoms with Crippen molar-refractivity contribution in [1.29, 1.82) is 0 Å². The van der Waals surface area contributed by atoms with Crippen LogP contribution in [0.5, 0.6) is 0 Å². The van der Waals surface area contributed by atoms with E-state index in [1.54, 1.807) is 0 Å². The predicted octanol–water partition coefficient (Wildman–Crippen LogP) is 4.26. The Hall–Kier alpha value is -0.110. The maximum Gasteiger partial charge on any atom is 0.0815 e. The van der Waals surface area contributed by atoms with Crippen molar-refractivity contribution >= 4 is 17.2 Å². The Morgan fingerprint density at radius 3 is 2.65 bits per heavy atom. The zero-order valence-electron chi connectivity index (χ0n) is 11.8. The van der Waals surface area contributed by atoms with Crippen LogP contribution in [0.1, 0.15) is 59.8 Å². The lowest BCUT2D eigenvalue weighted by Gasteiger charge is -2.43. The standard InChI is InChI=1S/C15H27NS/c1-11(2)16-9-7-12-10-15(3,4)8-5-6-13(12)14(16)17/h11-13H,5-10H2,1-4H3. The van der Waals surface area contributed by atoms with Crippen LogP contribution in [0.2, 0.25) is 0 Å². The number of likely N-dealkylation sites (tertiary alicyclic amines) is 1. The van der Waals surface area contributed by atoms with Crippen molar-refractivity contribution in [2.45, 2.75) is 65.8 Å². The Balaban J connectivity index is 2.12. The molecule has 1 saturated carbocycles. The van der Waals surface area contributed by atoms with Crippen LogP contribution >= 0.6 is 12.2 Å². The minimum Gasteiger partial charge on any atom is -0.363 e. The lowest BCUT2D eigenvalue weighted by Crippen LogP contribution is -2.47. The summed E-state index contributed by atoms with van der Waals surface area (Å²) in [7, 11) is 0. The van der Waals surface area contributed by atoms with Gasteiger partial charge in [0.05, 0.1) is 4.99 Å². The van der Waals surface area contributed by atoms with Crippen molar-refractivity contribution in [2.24, 2.45) is 17.3 Å². The minimum absolute atomic E-state index is 0.537. The number of fused-ring (bicyclic) bond motifs is 1. The maximum atomic E-state index is 5.76. The Morgan fingerprint density at radius 1 is 1.29 bits per heavy atom. The second-order valence-electron chi connectivity index (χ2n) is 7.04. The summed E-state index contributed by atoms with van der Waals surface area (Å²) in [6.45, 7) is 10.6. The Bertz CT molecular complexity index is 295. The summed E-state index contributed by atoms with van der Waals surface area (Å²) in [6, 6.07) is 0.583. The summed E-state index contributed by atoms with van der Waals surface area (Å²) in [6.07, 6.45) is 6.80. The number of rotatable bonds is 1. The van der Waals surface area contributed by atoms with Crippen LogP contribution in [-0.4, -0.2) is 22.5 Å². The van der Waals surface area contributed by atoms with Crippen molar-refractivity contribution in [3.05, 3.63) is 0 Å². The topological polar surface area (TPSA) is 3.24 Å². The molecule has 2 fully saturated rings. The minimum atomic E-state index is 0.537. The molecule has 2 aliphatic rings. The van der Waals surface area contributed by atoms with E-state index in [1.165, 1.54) is 43.6 Å². The number of nitrogens with zero attached hydrogens (tertiary/aromatic N) is 1. The third kappa shape index (κ3) is 2.83. The highest BCUT2D eigenvalue weighted by atomic mass is 32.1. The second kappa shape index (κ2) is 4.87. The van der Waals surface area contributed by atoms with E-state index < -0.39 is 0 Å². The molecular weight excluding hydrogens is 226 g/mol. The molecule has 1 saturated heterocycles. The molecule has 2 heteroatoms. The van der Waals surface area contributed by atoms with E-state index in [0.29, 0.717) is 17.4 Å². The molecule has 1 aliphatic carbocycles. The highest BCUT2D eigenvalue weighted by Gasteiger charge is 2.39. The molecule has 0 amide bonds. The van der Waals surface area contributed by atoms with E-state index in [9.17, 15) is 0 Å². The summed E-state index contributed by atoms with van der Waals surface area (Å²) < 4.78 is 0. The van der Waals surface area contributed by atoms with Crippen LogP contribution in [0, 0.1) is 17.3 Å². The summed E-state index contributed by atoms with van der Waals surface area (Å²) in [5.41, 5.74) is 0.537. The molecule has 1 nitrogen and oxygen atoms in total. The summed E-state index contributed by atoms with van der Waals surface area (Å²) >= 11 is 5.76. The molecular formula is C15H27NS. The van der Waals surface area contributed by atoms with Crippen LogP contribution < -0.4 is 0 Å². The van der Waals surface area contributed by atoms with E-state index in [1.807, 2.05) is 0 Å². The SMILES string of the molecule is CC(C)N1CCC2CC(C)(C)CCCC2C1=S. The van der Waals surface area contributed by atoms with Gasteiger partial charge in [0.15, 0.2) is 0 Å². The van der Waals surface area contributed by atoms with Gasteiger partial charge in [-0.3, -0.25) is 0 Å². The van der Waals surface area contributed by atoms with Gasteiger partial charge in [-0.1, -0.05) is 32.5 Å². The van der Waals surface area contributed by atoms with Crippen molar-refractivity contribution in [3.8, 4) is 0 Å². The first-order valence-corrected chi connectivity index (χ1v) is 7.62. The average Bonchev–Trinajstić information content (AvgIpc) is 2.35. The van der Waals surface area contributed by atoms with Gasteiger partial charge in [-0.15, -0.1) is 0 Å². The Labute approximate surface area is 112 Å². The molecule has 1 aliphatic heterocycles. The van der Waals surface area contributed by atoms with Crippen molar-refractivity contribution in [3.63, 3.8) is 0 Å². The molecule has 0 bridgehead atoms. The van der Waals surface area contributed by atoms with Crippen LogP contribution in [0.15, 0.2) is 0 Å². The summed E-state index contributed by atoms with van der Waals surface area (Å²) in [5.74, 6) is 1.55. The van der Waals surface area contributed by atoms with E-state index in [4.69, 9.17) is 12.2 Å². The Morgan fingerprint density at radius 2 is 2.00 bits per heavy atom. The normalized spacial score (nSPS) is 33.5. The molecule has 0 aromatic rings. The third-order valence-corrected chi connectivity index (χ3v) is 5.25. The van der Waals surface area contributed by atoms with Crippen molar-refractivity contribution in [1.82, 2.24) is 4.90 Å². The van der Waals surface area contributed by atoms with Crippen LogP contribution in [0.3, 0.4) is 0 Å². The molecule has 0 aromatic heterocycles. The van der Waals surface area contributed by atoms with Gasteiger partial charge in [-0.05, 0) is 50.9 Å². The number of thiocarbonyl (C=S) groups is 1. The predicted molar refractivity (Wildman–Crippen MR) is 78.3 cm³/mol. The van der Waals surface area contributed by atoms with E-state index in [-0.39, 0.29) is 0 Å². The first-order valence-electron chi connectivity index (χ1n) is 7.21. The van der Waals surface area contributed by atoms with Crippen LogP contribution in [-0.2, 0) is 0 Å². The van der Waals surface area contributed by atoms with Gasteiger partial charge in [0.1, 0.15) is 0 Å². The third-order valence-electron chi connectivity index (χ3n) is 4.72. The second-order valence-corrected chi connectivity index (χ2v) is 7.46.